The first-order chi connectivity index (χ1) is 10.4. The van der Waals surface area contributed by atoms with Crippen molar-refractivity contribution in [1.82, 2.24) is 5.32 Å². The zero-order valence-electron chi connectivity index (χ0n) is 12.2. The minimum atomic E-state index is -1.00. The maximum absolute atomic E-state index is 13.1. The van der Waals surface area contributed by atoms with Gasteiger partial charge in [-0.25, -0.2) is 8.78 Å². The maximum Gasteiger partial charge on any atom is 0.311 e. The molecule has 0 unspecified atom stereocenters. The normalized spacial score (nSPS) is 17.0. The van der Waals surface area contributed by atoms with Gasteiger partial charge in [0, 0.05) is 6.54 Å². The molecule has 1 aliphatic rings. The highest BCUT2D eigenvalue weighted by atomic mass is 19.2. The fraction of sp³-hybridized carbons (Fsp3) is 0.500. The van der Waals surface area contributed by atoms with Crippen LogP contribution in [0, 0.1) is 17.0 Å². The predicted octanol–water partition coefficient (Wildman–Crippen LogP) is 2.66. The molecule has 0 aromatic heterocycles. The van der Waals surface area contributed by atoms with E-state index in [2.05, 4.69) is 5.32 Å². The lowest BCUT2D eigenvalue weighted by Crippen LogP contribution is -2.44. The highest BCUT2D eigenvalue weighted by Crippen LogP contribution is 2.36. The van der Waals surface area contributed by atoms with Gasteiger partial charge in [-0.3, -0.25) is 9.59 Å². The van der Waals surface area contributed by atoms with E-state index in [1.807, 2.05) is 0 Å². The van der Waals surface area contributed by atoms with E-state index in [9.17, 15) is 23.5 Å². The van der Waals surface area contributed by atoms with E-state index in [0.717, 1.165) is 31.4 Å². The number of carboxylic acids is 1. The quantitative estimate of drug-likeness (QED) is 0.878. The first-order valence-corrected chi connectivity index (χ1v) is 7.37. The van der Waals surface area contributed by atoms with Crippen molar-refractivity contribution in [3.8, 4) is 0 Å². The van der Waals surface area contributed by atoms with Gasteiger partial charge in [0.25, 0.3) is 0 Å². The number of rotatable bonds is 5. The first kappa shape index (κ1) is 16.4. The number of carbonyl (C=O) groups excluding carboxylic acids is 1. The monoisotopic (exact) mass is 311 g/mol. The molecule has 0 atom stereocenters. The Balaban J connectivity index is 1.93. The van der Waals surface area contributed by atoms with Crippen molar-refractivity contribution >= 4 is 11.9 Å². The van der Waals surface area contributed by atoms with E-state index in [-0.39, 0.29) is 13.0 Å². The summed E-state index contributed by atoms with van der Waals surface area (Å²) < 4.78 is 25.9. The molecule has 4 nitrogen and oxygen atoms in total. The van der Waals surface area contributed by atoms with Crippen molar-refractivity contribution in [2.75, 3.05) is 6.54 Å². The van der Waals surface area contributed by atoms with Gasteiger partial charge in [-0.2, -0.15) is 0 Å². The molecule has 2 N–H and O–H groups in total. The molecule has 2 rings (SSSR count). The molecule has 0 aliphatic heterocycles. The van der Waals surface area contributed by atoms with Crippen LogP contribution in [-0.4, -0.2) is 23.5 Å². The second-order valence-electron chi connectivity index (χ2n) is 5.85. The second-order valence-corrected chi connectivity index (χ2v) is 5.85. The summed E-state index contributed by atoms with van der Waals surface area (Å²) in [7, 11) is 0. The molecular weight excluding hydrogens is 292 g/mol. The van der Waals surface area contributed by atoms with Crippen LogP contribution >= 0.6 is 0 Å². The summed E-state index contributed by atoms with van der Waals surface area (Å²) in [6.45, 7) is 0.0742. The van der Waals surface area contributed by atoms with Gasteiger partial charge in [-0.1, -0.05) is 25.3 Å². The van der Waals surface area contributed by atoms with Gasteiger partial charge in [0.2, 0.25) is 5.91 Å². The predicted molar refractivity (Wildman–Crippen MR) is 76.2 cm³/mol. The van der Waals surface area contributed by atoms with Crippen LogP contribution in [0.25, 0.3) is 0 Å². The molecule has 1 saturated carbocycles. The van der Waals surface area contributed by atoms with E-state index in [1.165, 1.54) is 6.07 Å². The molecular formula is C16H19F2NO3. The average molecular weight is 311 g/mol. The van der Waals surface area contributed by atoms with Crippen LogP contribution in [0.2, 0.25) is 0 Å². The highest BCUT2D eigenvalue weighted by molar-refractivity contribution is 5.80. The van der Waals surface area contributed by atoms with Crippen molar-refractivity contribution in [3.63, 3.8) is 0 Å². The Morgan fingerprint density at radius 3 is 2.41 bits per heavy atom. The number of aliphatic carboxylic acids is 1. The molecule has 1 fully saturated rings. The van der Waals surface area contributed by atoms with Crippen LogP contribution in [0.1, 0.15) is 37.7 Å². The molecule has 0 heterocycles. The number of halogens is 2. The number of hydrogen-bond donors (Lipinski definition) is 2. The van der Waals surface area contributed by atoms with Crippen molar-refractivity contribution in [2.24, 2.45) is 5.41 Å². The summed E-state index contributed by atoms with van der Waals surface area (Å²) in [4.78, 5) is 23.4. The molecule has 0 bridgehead atoms. The maximum atomic E-state index is 13.1. The third-order valence-corrected chi connectivity index (χ3v) is 4.24. The lowest BCUT2D eigenvalue weighted by molar-refractivity contribution is -0.151. The van der Waals surface area contributed by atoms with Crippen molar-refractivity contribution in [3.05, 3.63) is 35.4 Å². The van der Waals surface area contributed by atoms with E-state index in [4.69, 9.17) is 0 Å². The third-order valence-electron chi connectivity index (χ3n) is 4.24. The van der Waals surface area contributed by atoms with Crippen LogP contribution in [0.5, 0.6) is 0 Å². The van der Waals surface area contributed by atoms with Gasteiger partial charge in [-0.15, -0.1) is 0 Å². The molecule has 1 aromatic carbocycles. The topological polar surface area (TPSA) is 66.4 Å². The highest BCUT2D eigenvalue weighted by Gasteiger charge is 2.39. The van der Waals surface area contributed by atoms with Crippen LogP contribution in [0.3, 0.4) is 0 Å². The summed E-state index contributed by atoms with van der Waals surface area (Å²) in [6, 6.07) is 3.28. The van der Waals surface area contributed by atoms with Crippen molar-refractivity contribution in [2.45, 2.75) is 38.5 Å². The van der Waals surface area contributed by atoms with E-state index in [0.29, 0.717) is 18.4 Å². The number of benzene rings is 1. The molecule has 0 spiro atoms. The Bertz CT molecular complexity index is 569. The standard InChI is InChI=1S/C16H19F2NO3/c17-12-5-4-11(8-13(12)18)9-14(20)19-10-16(15(21)22)6-2-1-3-7-16/h4-5,8H,1-3,6-7,9-10H2,(H,19,20)(H,21,22). The first-order valence-electron chi connectivity index (χ1n) is 7.37. The fourth-order valence-electron chi connectivity index (χ4n) is 2.86. The van der Waals surface area contributed by atoms with Crippen LogP contribution in [0.15, 0.2) is 18.2 Å². The summed E-state index contributed by atoms with van der Waals surface area (Å²) in [5.41, 5.74) is -0.550. The molecule has 1 aromatic rings. The van der Waals surface area contributed by atoms with Gasteiger partial charge >= 0.3 is 5.97 Å². The van der Waals surface area contributed by atoms with Crippen molar-refractivity contribution in [1.29, 1.82) is 0 Å². The van der Waals surface area contributed by atoms with Crippen molar-refractivity contribution < 1.29 is 23.5 Å². The zero-order chi connectivity index (χ0) is 16.2. The lowest BCUT2D eigenvalue weighted by Gasteiger charge is -2.33. The van der Waals surface area contributed by atoms with E-state index in [1.54, 1.807) is 0 Å². The Hall–Kier alpha value is -1.98. The lowest BCUT2D eigenvalue weighted by atomic mass is 9.74. The van der Waals surface area contributed by atoms with Gasteiger partial charge < -0.3 is 10.4 Å². The van der Waals surface area contributed by atoms with Gasteiger partial charge in [-0.05, 0) is 30.5 Å². The summed E-state index contributed by atoms with van der Waals surface area (Å²) >= 11 is 0. The summed E-state index contributed by atoms with van der Waals surface area (Å²) in [5.74, 6) is -3.24. The Morgan fingerprint density at radius 2 is 1.82 bits per heavy atom. The molecule has 6 heteroatoms. The number of hydrogen-bond acceptors (Lipinski definition) is 2. The van der Waals surface area contributed by atoms with Gasteiger partial charge in [0.1, 0.15) is 0 Å². The second kappa shape index (κ2) is 6.85. The van der Waals surface area contributed by atoms with E-state index < -0.39 is 28.9 Å². The molecule has 1 amide bonds. The molecule has 0 radical (unpaired) electrons. The van der Waals surface area contributed by atoms with Crippen LogP contribution in [0.4, 0.5) is 8.78 Å². The minimum Gasteiger partial charge on any atom is -0.481 e. The Labute approximate surface area is 127 Å². The number of amides is 1. The number of carboxylic acid groups (broad SMARTS) is 1. The molecule has 22 heavy (non-hydrogen) atoms. The molecule has 1 aliphatic carbocycles. The Morgan fingerprint density at radius 1 is 1.14 bits per heavy atom. The average Bonchev–Trinajstić information content (AvgIpc) is 2.50. The smallest absolute Gasteiger partial charge is 0.311 e. The van der Waals surface area contributed by atoms with Gasteiger partial charge in [0.15, 0.2) is 11.6 Å². The van der Waals surface area contributed by atoms with Gasteiger partial charge in [0.05, 0.1) is 11.8 Å². The Kier molecular flexibility index (Phi) is 5.11. The fourth-order valence-corrected chi connectivity index (χ4v) is 2.86. The van der Waals surface area contributed by atoms with Crippen LogP contribution < -0.4 is 5.32 Å². The number of carbonyl (C=O) groups is 2. The largest absolute Gasteiger partial charge is 0.481 e. The zero-order valence-corrected chi connectivity index (χ0v) is 12.2. The molecule has 120 valence electrons. The molecule has 0 saturated heterocycles. The SMILES string of the molecule is O=C(Cc1ccc(F)c(F)c1)NCC1(C(=O)O)CCCCC1. The van der Waals surface area contributed by atoms with Crippen LogP contribution in [-0.2, 0) is 16.0 Å². The summed E-state index contributed by atoms with van der Waals surface area (Å²) in [5, 5.41) is 12.0. The van der Waals surface area contributed by atoms with E-state index >= 15 is 0 Å². The minimum absolute atomic E-state index is 0.0742. The third kappa shape index (κ3) is 3.81. The summed E-state index contributed by atoms with van der Waals surface area (Å²) in [6.07, 6.45) is 3.68. The number of nitrogens with one attached hydrogen (secondary N) is 1.